The summed E-state index contributed by atoms with van der Waals surface area (Å²) in [6, 6.07) is 8.05. The van der Waals surface area contributed by atoms with Crippen LogP contribution in [0.5, 0.6) is 0 Å². The third kappa shape index (κ3) is 2.31. The standard InChI is InChI=1S/C18H22N4O/c1-11-6-7-16-14(10-11)17(19)21-22(16)18(23)13-8-9-20-15-5-3-2-4-12(13)15/h2-5,11,13,20H,6-10H2,1H3,(H2,19,21). The highest BCUT2D eigenvalue weighted by molar-refractivity contribution is 5.89. The topological polar surface area (TPSA) is 72.9 Å². The summed E-state index contributed by atoms with van der Waals surface area (Å²) in [5.74, 6) is 1.05. The maximum Gasteiger partial charge on any atom is 0.254 e. The third-order valence-electron chi connectivity index (χ3n) is 5.14. The molecular weight excluding hydrogens is 288 g/mol. The summed E-state index contributed by atoms with van der Waals surface area (Å²) in [5.41, 5.74) is 10.3. The summed E-state index contributed by atoms with van der Waals surface area (Å²) in [6.07, 6.45) is 3.70. The van der Waals surface area contributed by atoms with Crippen LogP contribution in [0.25, 0.3) is 0 Å². The van der Waals surface area contributed by atoms with Gasteiger partial charge in [-0.1, -0.05) is 25.1 Å². The van der Waals surface area contributed by atoms with Crippen molar-refractivity contribution in [3.8, 4) is 0 Å². The minimum Gasteiger partial charge on any atom is -0.385 e. The van der Waals surface area contributed by atoms with Crippen molar-refractivity contribution in [2.75, 3.05) is 17.6 Å². The number of hydrogen-bond donors (Lipinski definition) is 2. The van der Waals surface area contributed by atoms with Gasteiger partial charge in [-0.15, -0.1) is 5.10 Å². The third-order valence-corrected chi connectivity index (χ3v) is 5.14. The van der Waals surface area contributed by atoms with Gasteiger partial charge < -0.3 is 11.1 Å². The number of carbonyl (C=O) groups excluding carboxylic acids is 1. The first-order valence-electron chi connectivity index (χ1n) is 8.38. The lowest BCUT2D eigenvalue weighted by molar-refractivity contribution is 0.0852. The Labute approximate surface area is 135 Å². The van der Waals surface area contributed by atoms with Gasteiger partial charge in [0.15, 0.2) is 0 Å². The molecule has 0 saturated heterocycles. The van der Waals surface area contributed by atoms with Gasteiger partial charge in [0.2, 0.25) is 0 Å². The van der Waals surface area contributed by atoms with E-state index >= 15 is 0 Å². The summed E-state index contributed by atoms with van der Waals surface area (Å²) in [4.78, 5) is 13.1. The Morgan fingerprint density at radius 2 is 2.17 bits per heavy atom. The van der Waals surface area contributed by atoms with Crippen LogP contribution in [0.3, 0.4) is 0 Å². The van der Waals surface area contributed by atoms with Crippen molar-refractivity contribution in [1.29, 1.82) is 0 Å². The second-order valence-corrected chi connectivity index (χ2v) is 6.76. The lowest BCUT2D eigenvalue weighted by Crippen LogP contribution is -2.29. The minimum atomic E-state index is -0.143. The first-order valence-corrected chi connectivity index (χ1v) is 8.38. The number of anilines is 2. The average molecular weight is 310 g/mol. The lowest BCUT2D eigenvalue weighted by atomic mass is 9.87. The van der Waals surface area contributed by atoms with Gasteiger partial charge in [0.1, 0.15) is 5.82 Å². The Hall–Kier alpha value is -2.30. The smallest absolute Gasteiger partial charge is 0.254 e. The fourth-order valence-electron chi connectivity index (χ4n) is 3.87. The Bertz CT molecular complexity index is 764. The number of nitrogens with two attached hydrogens (primary N) is 1. The molecule has 0 radical (unpaired) electrons. The maximum absolute atomic E-state index is 13.1. The van der Waals surface area contributed by atoms with Crippen molar-refractivity contribution in [1.82, 2.24) is 9.78 Å². The Morgan fingerprint density at radius 3 is 3.04 bits per heavy atom. The number of aromatic nitrogens is 2. The SMILES string of the molecule is CC1CCc2c(c(N)nn2C(=O)C2CCNc3ccccc32)C1. The number of rotatable bonds is 1. The molecule has 2 aliphatic rings. The molecule has 2 heterocycles. The predicted octanol–water partition coefficient (Wildman–Crippen LogP) is 2.83. The molecule has 120 valence electrons. The van der Waals surface area contributed by atoms with Crippen molar-refractivity contribution in [3.05, 3.63) is 41.1 Å². The van der Waals surface area contributed by atoms with Crippen molar-refractivity contribution in [2.45, 2.75) is 38.5 Å². The van der Waals surface area contributed by atoms with Crippen molar-refractivity contribution in [3.63, 3.8) is 0 Å². The van der Waals surface area contributed by atoms with Gasteiger partial charge >= 0.3 is 0 Å². The van der Waals surface area contributed by atoms with Crippen LogP contribution in [0, 0.1) is 5.92 Å². The van der Waals surface area contributed by atoms with E-state index in [-0.39, 0.29) is 11.8 Å². The van der Waals surface area contributed by atoms with Gasteiger partial charge in [-0.05, 0) is 43.2 Å². The van der Waals surface area contributed by atoms with E-state index in [1.165, 1.54) is 0 Å². The number of hydrogen-bond acceptors (Lipinski definition) is 4. The molecule has 2 unspecified atom stereocenters. The van der Waals surface area contributed by atoms with E-state index < -0.39 is 0 Å². The molecular formula is C18H22N4O. The molecule has 0 bridgehead atoms. The van der Waals surface area contributed by atoms with Gasteiger partial charge in [0.05, 0.1) is 11.6 Å². The summed E-state index contributed by atoms with van der Waals surface area (Å²) >= 11 is 0. The number of fused-ring (bicyclic) bond motifs is 2. The number of benzene rings is 1. The Kier molecular flexibility index (Phi) is 3.36. The number of nitrogens with one attached hydrogen (secondary N) is 1. The van der Waals surface area contributed by atoms with Crippen LogP contribution in [-0.2, 0) is 12.8 Å². The molecule has 0 spiro atoms. The number of carbonyl (C=O) groups is 1. The van der Waals surface area contributed by atoms with Crippen LogP contribution in [0.1, 0.15) is 47.3 Å². The quantitative estimate of drug-likeness (QED) is 0.849. The molecule has 5 nitrogen and oxygen atoms in total. The molecule has 0 amide bonds. The summed E-state index contributed by atoms with van der Waals surface area (Å²) in [5, 5.41) is 7.76. The number of nitrogens with zero attached hydrogens (tertiary/aromatic N) is 2. The summed E-state index contributed by atoms with van der Waals surface area (Å²) in [6.45, 7) is 3.04. The van der Waals surface area contributed by atoms with Crippen LogP contribution >= 0.6 is 0 Å². The van der Waals surface area contributed by atoms with E-state index in [9.17, 15) is 4.79 Å². The van der Waals surface area contributed by atoms with Crippen LogP contribution in [0.15, 0.2) is 24.3 Å². The second-order valence-electron chi connectivity index (χ2n) is 6.76. The fourth-order valence-corrected chi connectivity index (χ4v) is 3.87. The Balaban J connectivity index is 1.73. The Morgan fingerprint density at radius 1 is 1.35 bits per heavy atom. The van der Waals surface area contributed by atoms with E-state index in [1.807, 2.05) is 24.3 Å². The highest BCUT2D eigenvalue weighted by Crippen LogP contribution is 2.35. The summed E-state index contributed by atoms with van der Waals surface area (Å²) in [7, 11) is 0. The van der Waals surface area contributed by atoms with Crippen molar-refractivity contribution < 1.29 is 4.79 Å². The lowest BCUT2D eigenvalue weighted by Gasteiger charge is -2.26. The molecule has 1 aromatic carbocycles. The van der Waals surface area contributed by atoms with Crippen molar-refractivity contribution >= 4 is 17.4 Å². The van der Waals surface area contributed by atoms with Gasteiger partial charge in [0.25, 0.3) is 5.91 Å². The first-order chi connectivity index (χ1) is 11.1. The fraction of sp³-hybridized carbons (Fsp3) is 0.444. The molecule has 2 aromatic rings. The molecule has 4 rings (SSSR count). The zero-order valence-corrected chi connectivity index (χ0v) is 13.4. The van der Waals surface area contributed by atoms with E-state index in [0.717, 1.165) is 54.7 Å². The molecule has 23 heavy (non-hydrogen) atoms. The maximum atomic E-state index is 13.1. The minimum absolute atomic E-state index is 0.0569. The van der Waals surface area contributed by atoms with E-state index in [2.05, 4.69) is 17.3 Å². The van der Waals surface area contributed by atoms with Crippen LogP contribution in [0.4, 0.5) is 11.5 Å². The van der Waals surface area contributed by atoms with Crippen LogP contribution in [-0.4, -0.2) is 22.2 Å². The van der Waals surface area contributed by atoms with Gasteiger partial charge in [-0.2, -0.15) is 0 Å². The van der Waals surface area contributed by atoms with E-state index in [1.54, 1.807) is 4.68 Å². The second kappa shape index (κ2) is 5.41. The number of para-hydroxylation sites is 1. The molecule has 1 aliphatic carbocycles. The highest BCUT2D eigenvalue weighted by Gasteiger charge is 2.32. The number of nitrogen functional groups attached to an aromatic ring is 1. The monoisotopic (exact) mass is 310 g/mol. The van der Waals surface area contributed by atoms with E-state index in [0.29, 0.717) is 11.7 Å². The predicted molar refractivity (Wildman–Crippen MR) is 90.7 cm³/mol. The van der Waals surface area contributed by atoms with Crippen molar-refractivity contribution in [2.24, 2.45) is 5.92 Å². The normalized spacial score (nSPS) is 22.8. The molecule has 1 aliphatic heterocycles. The zero-order chi connectivity index (χ0) is 16.0. The largest absolute Gasteiger partial charge is 0.385 e. The first kappa shape index (κ1) is 14.3. The van der Waals surface area contributed by atoms with Gasteiger partial charge in [-0.25, -0.2) is 4.68 Å². The van der Waals surface area contributed by atoms with Crippen LogP contribution in [0.2, 0.25) is 0 Å². The summed E-state index contributed by atoms with van der Waals surface area (Å²) < 4.78 is 1.60. The van der Waals surface area contributed by atoms with Gasteiger partial charge in [-0.3, -0.25) is 4.79 Å². The average Bonchev–Trinajstić information content (AvgIpc) is 2.90. The van der Waals surface area contributed by atoms with Gasteiger partial charge in [0, 0.05) is 17.8 Å². The molecule has 1 aromatic heterocycles. The van der Waals surface area contributed by atoms with E-state index in [4.69, 9.17) is 5.73 Å². The molecule has 0 fully saturated rings. The molecule has 0 saturated carbocycles. The molecule has 5 heteroatoms. The molecule has 2 atom stereocenters. The molecule has 3 N–H and O–H groups in total. The highest BCUT2D eigenvalue weighted by atomic mass is 16.2. The van der Waals surface area contributed by atoms with Crippen LogP contribution < -0.4 is 11.1 Å². The zero-order valence-electron chi connectivity index (χ0n) is 13.4.